The van der Waals surface area contributed by atoms with Crippen LogP contribution in [0.15, 0.2) is 12.1 Å². The zero-order valence-electron chi connectivity index (χ0n) is 8.47. The molecule has 1 aromatic carbocycles. The van der Waals surface area contributed by atoms with Crippen LogP contribution in [0.3, 0.4) is 0 Å². The maximum atomic E-state index is 5.30. The molecular formula is C11H14S2. The number of benzene rings is 1. The molecule has 13 heavy (non-hydrogen) atoms. The van der Waals surface area contributed by atoms with E-state index in [9.17, 15) is 0 Å². The summed E-state index contributed by atoms with van der Waals surface area (Å²) in [6.07, 6.45) is 2.03. The first kappa shape index (κ1) is 10.7. The molecule has 0 unspecified atom stereocenters. The maximum Gasteiger partial charge on any atom is 0.0780 e. The molecule has 0 saturated heterocycles. The van der Waals surface area contributed by atoms with Crippen LogP contribution in [0.4, 0.5) is 0 Å². The predicted octanol–water partition coefficient (Wildman–Crippen LogP) is 3.65. The fraction of sp³-hybridized carbons (Fsp3) is 0.364. The number of thiocarbonyl (C=S) groups is 1. The predicted molar refractivity (Wildman–Crippen MR) is 65.9 cm³/mol. The molecule has 0 N–H and O–H groups in total. The monoisotopic (exact) mass is 210 g/mol. The van der Waals surface area contributed by atoms with Crippen molar-refractivity contribution < 1.29 is 0 Å². The molecule has 0 fully saturated rings. The quantitative estimate of drug-likeness (QED) is 0.649. The molecule has 1 rings (SSSR count). The first-order valence-electron chi connectivity index (χ1n) is 4.22. The SMILES string of the molecule is CSC(=S)c1c(C)cc(C)cc1C. The summed E-state index contributed by atoms with van der Waals surface area (Å²) < 4.78 is 0.995. The second kappa shape index (κ2) is 4.25. The van der Waals surface area contributed by atoms with Gasteiger partial charge in [0.2, 0.25) is 0 Å². The second-order valence-electron chi connectivity index (χ2n) is 3.27. The lowest BCUT2D eigenvalue weighted by Gasteiger charge is -2.10. The van der Waals surface area contributed by atoms with Gasteiger partial charge >= 0.3 is 0 Å². The average molecular weight is 210 g/mol. The van der Waals surface area contributed by atoms with Crippen LogP contribution in [0.2, 0.25) is 0 Å². The minimum atomic E-state index is 0.995. The van der Waals surface area contributed by atoms with E-state index >= 15 is 0 Å². The van der Waals surface area contributed by atoms with Crippen LogP contribution >= 0.6 is 24.0 Å². The van der Waals surface area contributed by atoms with Crippen molar-refractivity contribution in [3.63, 3.8) is 0 Å². The third kappa shape index (κ3) is 2.32. The van der Waals surface area contributed by atoms with E-state index < -0.39 is 0 Å². The van der Waals surface area contributed by atoms with Gasteiger partial charge in [-0.05, 0) is 38.2 Å². The van der Waals surface area contributed by atoms with E-state index in [-0.39, 0.29) is 0 Å². The van der Waals surface area contributed by atoms with Crippen LogP contribution in [-0.4, -0.2) is 10.5 Å². The van der Waals surface area contributed by atoms with Gasteiger partial charge in [-0.3, -0.25) is 0 Å². The van der Waals surface area contributed by atoms with Crippen molar-refractivity contribution >= 4 is 28.2 Å². The van der Waals surface area contributed by atoms with Crippen LogP contribution in [0, 0.1) is 20.8 Å². The van der Waals surface area contributed by atoms with Gasteiger partial charge in [0.1, 0.15) is 0 Å². The Bertz CT molecular complexity index is 317. The first-order chi connectivity index (χ1) is 6.06. The summed E-state index contributed by atoms with van der Waals surface area (Å²) in [5.74, 6) is 0. The Labute approximate surface area is 89.7 Å². The summed E-state index contributed by atoms with van der Waals surface area (Å²) in [4.78, 5) is 0. The van der Waals surface area contributed by atoms with Crippen LogP contribution in [0.1, 0.15) is 22.3 Å². The Morgan fingerprint density at radius 2 is 1.62 bits per heavy atom. The molecule has 0 spiro atoms. The summed E-state index contributed by atoms with van der Waals surface area (Å²) in [6.45, 7) is 6.36. The minimum Gasteiger partial charge on any atom is -0.117 e. The van der Waals surface area contributed by atoms with Crippen molar-refractivity contribution in [1.82, 2.24) is 0 Å². The van der Waals surface area contributed by atoms with Gasteiger partial charge in [-0.25, -0.2) is 0 Å². The molecule has 0 bridgehead atoms. The molecule has 0 amide bonds. The largest absolute Gasteiger partial charge is 0.117 e. The van der Waals surface area contributed by atoms with Crippen molar-refractivity contribution in [2.24, 2.45) is 0 Å². The fourth-order valence-electron chi connectivity index (χ4n) is 1.60. The third-order valence-electron chi connectivity index (χ3n) is 2.07. The van der Waals surface area contributed by atoms with E-state index in [4.69, 9.17) is 12.2 Å². The van der Waals surface area contributed by atoms with Gasteiger partial charge in [0, 0.05) is 5.56 Å². The normalized spacial score (nSPS) is 10.2. The van der Waals surface area contributed by atoms with Gasteiger partial charge in [0.25, 0.3) is 0 Å². The summed E-state index contributed by atoms with van der Waals surface area (Å²) in [5.41, 5.74) is 5.13. The molecule has 0 saturated carbocycles. The standard InChI is InChI=1S/C11H14S2/c1-7-5-8(2)10(9(3)6-7)11(12)13-4/h5-6H,1-4H3. The van der Waals surface area contributed by atoms with E-state index in [1.54, 1.807) is 11.8 Å². The second-order valence-corrected chi connectivity index (χ2v) is 4.75. The van der Waals surface area contributed by atoms with E-state index in [1.807, 2.05) is 6.26 Å². The van der Waals surface area contributed by atoms with Crippen molar-refractivity contribution in [2.75, 3.05) is 6.26 Å². The Hall–Kier alpha value is -0.340. The zero-order valence-corrected chi connectivity index (χ0v) is 10.1. The Kier molecular flexibility index (Phi) is 3.51. The van der Waals surface area contributed by atoms with Crippen molar-refractivity contribution in [3.8, 4) is 0 Å². The lowest BCUT2D eigenvalue weighted by Crippen LogP contribution is -1.99. The topological polar surface area (TPSA) is 0 Å². The summed E-state index contributed by atoms with van der Waals surface area (Å²) in [5, 5.41) is 0. The van der Waals surface area contributed by atoms with Gasteiger partial charge in [-0.2, -0.15) is 0 Å². The number of rotatable bonds is 1. The summed E-state index contributed by atoms with van der Waals surface area (Å²) >= 11 is 6.95. The maximum absolute atomic E-state index is 5.30. The highest BCUT2D eigenvalue weighted by atomic mass is 32.2. The Morgan fingerprint density at radius 3 is 2.00 bits per heavy atom. The molecule has 0 radical (unpaired) electrons. The van der Waals surface area contributed by atoms with Crippen molar-refractivity contribution in [3.05, 3.63) is 34.4 Å². The molecule has 0 aliphatic carbocycles. The van der Waals surface area contributed by atoms with Crippen molar-refractivity contribution in [2.45, 2.75) is 20.8 Å². The summed E-state index contributed by atoms with van der Waals surface area (Å²) in [6, 6.07) is 4.37. The molecule has 0 aliphatic rings. The number of thioether (sulfide) groups is 1. The smallest absolute Gasteiger partial charge is 0.0780 e. The van der Waals surface area contributed by atoms with Gasteiger partial charge in [-0.15, -0.1) is 11.8 Å². The molecular weight excluding hydrogens is 196 g/mol. The van der Waals surface area contributed by atoms with Gasteiger partial charge in [-0.1, -0.05) is 29.9 Å². The molecule has 0 atom stereocenters. The number of hydrogen-bond acceptors (Lipinski definition) is 2. The van der Waals surface area contributed by atoms with Gasteiger partial charge in [0.15, 0.2) is 0 Å². The minimum absolute atomic E-state index is 0.995. The van der Waals surface area contributed by atoms with E-state index in [0.717, 1.165) is 4.20 Å². The van der Waals surface area contributed by atoms with Crippen LogP contribution in [0.5, 0.6) is 0 Å². The van der Waals surface area contributed by atoms with Crippen molar-refractivity contribution in [1.29, 1.82) is 0 Å². The van der Waals surface area contributed by atoms with Crippen LogP contribution < -0.4 is 0 Å². The molecule has 0 nitrogen and oxygen atoms in total. The molecule has 0 aromatic heterocycles. The highest BCUT2D eigenvalue weighted by Crippen LogP contribution is 2.21. The molecule has 2 heteroatoms. The third-order valence-corrected chi connectivity index (χ3v) is 3.35. The molecule has 0 heterocycles. The lowest BCUT2D eigenvalue weighted by atomic mass is 10.0. The summed E-state index contributed by atoms with van der Waals surface area (Å²) in [7, 11) is 0. The number of hydrogen-bond donors (Lipinski definition) is 0. The fourth-order valence-corrected chi connectivity index (χ4v) is 2.45. The highest BCUT2D eigenvalue weighted by Gasteiger charge is 2.07. The first-order valence-corrected chi connectivity index (χ1v) is 5.85. The van der Waals surface area contributed by atoms with E-state index in [2.05, 4.69) is 32.9 Å². The van der Waals surface area contributed by atoms with Gasteiger partial charge < -0.3 is 0 Å². The molecule has 1 aromatic rings. The van der Waals surface area contributed by atoms with E-state index in [0.29, 0.717) is 0 Å². The Balaban J connectivity index is 3.28. The lowest BCUT2D eigenvalue weighted by molar-refractivity contribution is 1.31. The highest BCUT2D eigenvalue weighted by molar-refractivity contribution is 8.23. The number of aryl methyl sites for hydroxylation is 3. The average Bonchev–Trinajstić information content (AvgIpc) is 2.02. The van der Waals surface area contributed by atoms with Crippen LogP contribution in [0.25, 0.3) is 0 Å². The van der Waals surface area contributed by atoms with Crippen LogP contribution in [-0.2, 0) is 0 Å². The van der Waals surface area contributed by atoms with Gasteiger partial charge in [0.05, 0.1) is 4.20 Å². The zero-order chi connectivity index (χ0) is 10.0. The molecule has 70 valence electrons. The Morgan fingerprint density at radius 1 is 1.15 bits per heavy atom. The molecule has 0 aliphatic heterocycles. The van der Waals surface area contributed by atoms with E-state index in [1.165, 1.54) is 22.3 Å².